The summed E-state index contributed by atoms with van der Waals surface area (Å²) >= 11 is 3.29. The summed E-state index contributed by atoms with van der Waals surface area (Å²) in [6, 6.07) is 5.00. The number of hydrogen-bond acceptors (Lipinski definition) is 5. The van der Waals surface area contributed by atoms with Crippen molar-refractivity contribution in [2.24, 2.45) is 7.05 Å². The van der Waals surface area contributed by atoms with Gasteiger partial charge in [0.05, 0.1) is 12.1 Å². The van der Waals surface area contributed by atoms with Gasteiger partial charge in [-0.25, -0.2) is 19.3 Å². The molecule has 9 heteroatoms. The fraction of sp³-hybridized carbons (Fsp3) is 0.188. The minimum absolute atomic E-state index is 0.0112. The van der Waals surface area contributed by atoms with Gasteiger partial charge >= 0.3 is 5.69 Å². The first-order valence-electron chi connectivity index (χ1n) is 7.14. The third kappa shape index (κ3) is 2.55. The number of halogens is 1. The maximum absolute atomic E-state index is 13.0. The first-order valence-corrected chi connectivity index (χ1v) is 7.93. The Bertz CT molecular complexity index is 1220. The molecule has 0 aromatic carbocycles. The Labute approximate surface area is 150 Å². The van der Waals surface area contributed by atoms with Crippen LogP contribution in [-0.2, 0) is 13.6 Å². The van der Waals surface area contributed by atoms with E-state index in [9.17, 15) is 14.9 Å². The van der Waals surface area contributed by atoms with Gasteiger partial charge in [0.25, 0.3) is 5.56 Å². The van der Waals surface area contributed by atoms with Crippen LogP contribution in [0.2, 0.25) is 0 Å². The maximum Gasteiger partial charge on any atom is 0.338 e. The summed E-state index contributed by atoms with van der Waals surface area (Å²) in [6.07, 6.45) is 1.42. The lowest BCUT2D eigenvalue weighted by Crippen LogP contribution is -2.39. The number of nitriles is 1. The van der Waals surface area contributed by atoms with Crippen LogP contribution in [0, 0.1) is 23.2 Å². The number of aromatic nitrogens is 5. The third-order valence-electron chi connectivity index (χ3n) is 3.64. The van der Waals surface area contributed by atoms with E-state index in [1.807, 2.05) is 6.07 Å². The normalized spacial score (nSPS) is 10.3. The molecule has 3 aromatic heterocycles. The number of fused-ring (bicyclic) bond motifs is 1. The lowest BCUT2D eigenvalue weighted by Gasteiger charge is -2.09. The Kier molecular flexibility index (Phi) is 4.26. The number of pyridine rings is 1. The summed E-state index contributed by atoms with van der Waals surface area (Å²) in [7, 11) is 1.50. The van der Waals surface area contributed by atoms with Crippen molar-refractivity contribution < 1.29 is 0 Å². The fourth-order valence-electron chi connectivity index (χ4n) is 2.44. The molecule has 0 aliphatic rings. The largest absolute Gasteiger partial charge is 0.338 e. The molecule has 0 fully saturated rings. The molecule has 0 aliphatic heterocycles. The molecular weight excluding hydrogens is 388 g/mol. The summed E-state index contributed by atoms with van der Waals surface area (Å²) < 4.78 is 4.08. The molecule has 3 aromatic rings. The van der Waals surface area contributed by atoms with Crippen molar-refractivity contribution in [3.8, 4) is 23.7 Å². The second kappa shape index (κ2) is 6.38. The van der Waals surface area contributed by atoms with Gasteiger partial charge in [-0.2, -0.15) is 5.26 Å². The minimum Gasteiger partial charge on any atom is -0.301 e. The van der Waals surface area contributed by atoms with Crippen LogP contribution in [0.4, 0.5) is 0 Å². The van der Waals surface area contributed by atoms with Crippen molar-refractivity contribution in [3.63, 3.8) is 0 Å². The van der Waals surface area contributed by atoms with Crippen molar-refractivity contribution in [3.05, 3.63) is 49.5 Å². The lowest BCUT2D eigenvalue weighted by molar-refractivity contribution is 0.747. The third-order valence-corrected chi connectivity index (χ3v) is 4.24. The van der Waals surface area contributed by atoms with Gasteiger partial charge in [0.2, 0.25) is 0 Å². The molecule has 0 atom stereocenters. The molecule has 0 bridgehead atoms. The molecule has 0 aliphatic carbocycles. The van der Waals surface area contributed by atoms with Crippen LogP contribution in [0.3, 0.4) is 0 Å². The van der Waals surface area contributed by atoms with Crippen LogP contribution >= 0.6 is 15.9 Å². The molecule has 3 rings (SSSR count). The van der Waals surface area contributed by atoms with Gasteiger partial charge < -0.3 is 4.57 Å². The number of rotatable bonds is 2. The highest BCUT2D eigenvalue weighted by atomic mass is 79.9. The first-order chi connectivity index (χ1) is 12.0. The summed E-state index contributed by atoms with van der Waals surface area (Å²) in [5.74, 6) is 5.61. The summed E-state index contributed by atoms with van der Waals surface area (Å²) in [5, 5.41) is 9.26. The van der Waals surface area contributed by atoms with Gasteiger partial charge in [-0.3, -0.25) is 9.36 Å². The Hall–Kier alpha value is -3.17. The Morgan fingerprint density at radius 2 is 2.12 bits per heavy atom. The monoisotopic (exact) mass is 398 g/mol. The first kappa shape index (κ1) is 16.7. The van der Waals surface area contributed by atoms with Crippen LogP contribution in [0.1, 0.15) is 12.5 Å². The molecular formula is C16H11BrN6O2. The minimum atomic E-state index is -0.633. The molecule has 3 heterocycles. The molecule has 25 heavy (non-hydrogen) atoms. The molecule has 0 spiro atoms. The van der Waals surface area contributed by atoms with Crippen molar-refractivity contribution in [1.82, 2.24) is 23.7 Å². The van der Waals surface area contributed by atoms with Crippen LogP contribution in [0.25, 0.3) is 17.0 Å². The van der Waals surface area contributed by atoms with Crippen LogP contribution in [0.15, 0.2) is 32.7 Å². The van der Waals surface area contributed by atoms with Gasteiger partial charge in [-0.1, -0.05) is 5.92 Å². The molecule has 0 N–H and O–H groups in total. The fourth-order valence-corrected chi connectivity index (χ4v) is 2.91. The van der Waals surface area contributed by atoms with Crippen LogP contribution in [0.5, 0.6) is 0 Å². The highest BCUT2D eigenvalue weighted by Gasteiger charge is 2.21. The van der Waals surface area contributed by atoms with Crippen molar-refractivity contribution in [2.75, 3.05) is 0 Å². The van der Waals surface area contributed by atoms with Gasteiger partial charge in [0.1, 0.15) is 6.07 Å². The predicted octanol–water partition coefficient (Wildman–Crippen LogP) is 0.938. The molecule has 0 amide bonds. The quantitative estimate of drug-likeness (QED) is 0.472. The van der Waals surface area contributed by atoms with Crippen molar-refractivity contribution in [1.29, 1.82) is 5.26 Å². The molecule has 8 nitrogen and oxygen atoms in total. The van der Waals surface area contributed by atoms with E-state index in [0.717, 1.165) is 4.57 Å². The number of imidazole rings is 1. The topological polar surface area (TPSA) is 98.5 Å². The standard InChI is InChI=1S/C16H11BrN6O2/c1-3-4-8-22-11-13(20-15(22)17)21(2)16(25)23(14(11)24)12-10(9-18)6-5-7-19-12/h5-7H,8H2,1-2H3. The average molecular weight is 399 g/mol. The molecule has 0 saturated heterocycles. The van der Waals surface area contributed by atoms with Gasteiger partial charge in [-0.05, 0) is 35.0 Å². The van der Waals surface area contributed by atoms with E-state index in [1.165, 1.54) is 23.9 Å². The highest BCUT2D eigenvalue weighted by molar-refractivity contribution is 9.10. The van der Waals surface area contributed by atoms with E-state index in [0.29, 0.717) is 4.73 Å². The van der Waals surface area contributed by atoms with E-state index >= 15 is 0 Å². The van der Waals surface area contributed by atoms with E-state index in [2.05, 4.69) is 37.7 Å². The summed E-state index contributed by atoms with van der Waals surface area (Å²) in [5.41, 5.74) is -0.688. The zero-order valence-electron chi connectivity index (χ0n) is 13.3. The summed E-state index contributed by atoms with van der Waals surface area (Å²) in [6.45, 7) is 1.92. The second-order valence-electron chi connectivity index (χ2n) is 5.03. The zero-order chi connectivity index (χ0) is 18.1. The van der Waals surface area contributed by atoms with E-state index < -0.39 is 11.2 Å². The molecule has 0 saturated carbocycles. The lowest BCUT2D eigenvalue weighted by atomic mass is 10.3. The number of hydrogen-bond donors (Lipinski definition) is 0. The average Bonchev–Trinajstić information content (AvgIpc) is 2.95. The Morgan fingerprint density at radius 1 is 1.36 bits per heavy atom. The van der Waals surface area contributed by atoms with Crippen molar-refractivity contribution >= 4 is 27.1 Å². The zero-order valence-corrected chi connectivity index (χ0v) is 14.9. The maximum atomic E-state index is 13.0. The smallest absolute Gasteiger partial charge is 0.301 e. The van der Waals surface area contributed by atoms with Crippen LogP contribution in [-0.4, -0.2) is 23.7 Å². The van der Waals surface area contributed by atoms with E-state index in [-0.39, 0.29) is 29.1 Å². The van der Waals surface area contributed by atoms with E-state index in [1.54, 1.807) is 17.6 Å². The predicted molar refractivity (Wildman–Crippen MR) is 94.2 cm³/mol. The number of nitrogens with zero attached hydrogens (tertiary/aromatic N) is 6. The summed E-state index contributed by atoms with van der Waals surface area (Å²) in [4.78, 5) is 34.0. The molecule has 0 radical (unpaired) electrons. The van der Waals surface area contributed by atoms with Crippen LogP contribution < -0.4 is 11.2 Å². The molecule has 0 unspecified atom stereocenters. The second-order valence-corrected chi connectivity index (χ2v) is 5.74. The Balaban J connectivity index is 2.50. The van der Waals surface area contributed by atoms with Gasteiger partial charge in [0, 0.05) is 13.2 Å². The SMILES string of the molecule is CC#CCn1c(Br)nc2c1c(=O)n(-c1ncccc1C#N)c(=O)n2C. The van der Waals surface area contributed by atoms with Gasteiger partial charge in [0.15, 0.2) is 21.7 Å². The van der Waals surface area contributed by atoms with Gasteiger partial charge in [-0.15, -0.1) is 5.92 Å². The highest BCUT2D eigenvalue weighted by Crippen LogP contribution is 2.16. The Morgan fingerprint density at radius 3 is 2.80 bits per heavy atom. The molecule has 124 valence electrons. The van der Waals surface area contributed by atoms with E-state index in [4.69, 9.17) is 0 Å². The van der Waals surface area contributed by atoms with Crippen molar-refractivity contribution in [2.45, 2.75) is 13.5 Å². The number of aryl methyl sites for hydroxylation is 1.